The van der Waals surface area contributed by atoms with Crippen molar-refractivity contribution in [3.05, 3.63) is 23.8 Å². The lowest BCUT2D eigenvalue weighted by atomic mass is 10.0. The van der Waals surface area contributed by atoms with E-state index in [1.807, 2.05) is 18.2 Å². The molecule has 2 rings (SSSR count). The van der Waals surface area contributed by atoms with Gasteiger partial charge in [-0.2, -0.15) is 0 Å². The number of nitrogens with one attached hydrogen (secondary N) is 1. The Bertz CT molecular complexity index is 439. The molecule has 5 heteroatoms. The highest BCUT2D eigenvalue weighted by Gasteiger charge is 2.28. The van der Waals surface area contributed by atoms with Crippen LogP contribution in [-0.4, -0.2) is 56.5 Å². The molecule has 0 amide bonds. The first kappa shape index (κ1) is 15.1. The van der Waals surface area contributed by atoms with Gasteiger partial charge in [0.05, 0.1) is 26.9 Å². The number of piperazine rings is 1. The Morgan fingerprint density at radius 1 is 1.40 bits per heavy atom. The third kappa shape index (κ3) is 3.06. The van der Waals surface area contributed by atoms with E-state index in [-0.39, 0.29) is 12.6 Å². The molecule has 0 saturated carbocycles. The first-order valence-corrected chi connectivity index (χ1v) is 7.00. The van der Waals surface area contributed by atoms with E-state index in [0.29, 0.717) is 6.04 Å². The summed E-state index contributed by atoms with van der Waals surface area (Å²) in [6.45, 7) is 5.01. The Morgan fingerprint density at radius 3 is 2.80 bits per heavy atom. The van der Waals surface area contributed by atoms with Gasteiger partial charge in [0, 0.05) is 31.2 Å². The van der Waals surface area contributed by atoms with Crippen LogP contribution < -0.4 is 14.8 Å². The van der Waals surface area contributed by atoms with Crippen molar-refractivity contribution in [3.8, 4) is 11.5 Å². The summed E-state index contributed by atoms with van der Waals surface area (Å²) in [6.07, 6.45) is 0. The minimum atomic E-state index is -0.0721. The standard InChI is InChI=1S/C15H24N2O3/c1-11-9-16-6-7-17(11)14(10-18)13-8-12(19-2)4-5-15(13)20-3/h4-5,8,11,14,16,18H,6-7,9-10H2,1-3H3. The normalized spacial score (nSPS) is 21.5. The van der Waals surface area contributed by atoms with Gasteiger partial charge in [0.2, 0.25) is 0 Å². The first-order valence-electron chi connectivity index (χ1n) is 7.00. The molecule has 1 aliphatic rings. The average molecular weight is 280 g/mol. The van der Waals surface area contributed by atoms with Crippen molar-refractivity contribution in [2.75, 3.05) is 40.5 Å². The SMILES string of the molecule is COc1ccc(OC)c(C(CO)N2CCNCC2C)c1. The van der Waals surface area contributed by atoms with E-state index >= 15 is 0 Å². The maximum Gasteiger partial charge on any atom is 0.124 e. The minimum Gasteiger partial charge on any atom is -0.497 e. The Labute approximate surface area is 120 Å². The highest BCUT2D eigenvalue weighted by molar-refractivity contribution is 5.42. The van der Waals surface area contributed by atoms with Gasteiger partial charge in [0.25, 0.3) is 0 Å². The minimum absolute atomic E-state index is 0.0634. The number of benzene rings is 1. The molecule has 1 fully saturated rings. The van der Waals surface area contributed by atoms with Gasteiger partial charge >= 0.3 is 0 Å². The summed E-state index contributed by atoms with van der Waals surface area (Å²) in [4.78, 5) is 2.31. The second-order valence-electron chi connectivity index (χ2n) is 5.10. The third-order valence-corrected chi connectivity index (χ3v) is 3.92. The molecule has 0 radical (unpaired) electrons. The highest BCUT2D eigenvalue weighted by atomic mass is 16.5. The van der Waals surface area contributed by atoms with Crippen molar-refractivity contribution in [2.24, 2.45) is 0 Å². The van der Waals surface area contributed by atoms with Crippen LogP contribution in [0.4, 0.5) is 0 Å². The number of rotatable bonds is 5. The molecule has 0 aliphatic carbocycles. The molecular formula is C15H24N2O3. The fourth-order valence-corrected chi connectivity index (χ4v) is 2.80. The second kappa shape index (κ2) is 6.92. The van der Waals surface area contributed by atoms with Crippen molar-refractivity contribution in [3.63, 3.8) is 0 Å². The Balaban J connectivity index is 2.34. The monoisotopic (exact) mass is 280 g/mol. The number of hydrogen-bond acceptors (Lipinski definition) is 5. The molecule has 0 spiro atoms. The molecule has 112 valence electrons. The van der Waals surface area contributed by atoms with Crippen molar-refractivity contribution in [1.29, 1.82) is 0 Å². The van der Waals surface area contributed by atoms with Crippen LogP contribution in [0.3, 0.4) is 0 Å². The Kier molecular flexibility index (Phi) is 5.23. The quantitative estimate of drug-likeness (QED) is 0.844. The molecule has 0 aromatic heterocycles. The first-order chi connectivity index (χ1) is 9.71. The summed E-state index contributed by atoms with van der Waals surface area (Å²) in [6, 6.07) is 6.02. The molecule has 1 heterocycles. The van der Waals surface area contributed by atoms with Crippen LogP contribution in [0, 0.1) is 0 Å². The van der Waals surface area contributed by atoms with E-state index in [4.69, 9.17) is 9.47 Å². The van der Waals surface area contributed by atoms with Gasteiger partial charge in [-0.25, -0.2) is 0 Å². The van der Waals surface area contributed by atoms with E-state index in [0.717, 1.165) is 36.7 Å². The van der Waals surface area contributed by atoms with Crippen LogP contribution >= 0.6 is 0 Å². The molecule has 2 atom stereocenters. The predicted octanol–water partition coefficient (Wildman–Crippen LogP) is 1.03. The molecule has 1 aliphatic heterocycles. The summed E-state index contributed by atoms with van der Waals surface area (Å²) in [5, 5.41) is 13.2. The van der Waals surface area contributed by atoms with Gasteiger partial charge in [-0.3, -0.25) is 4.90 Å². The maximum atomic E-state index is 9.87. The largest absolute Gasteiger partial charge is 0.497 e. The van der Waals surface area contributed by atoms with E-state index in [9.17, 15) is 5.11 Å². The van der Waals surface area contributed by atoms with Gasteiger partial charge in [0.15, 0.2) is 0 Å². The molecular weight excluding hydrogens is 256 g/mol. The van der Waals surface area contributed by atoms with E-state index in [1.54, 1.807) is 14.2 Å². The molecule has 2 unspecified atom stereocenters. The predicted molar refractivity (Wildman–Crippen MR) is 78.4 cm³/mol. The number of hydrogen-bond donors (Lipinski definition) is 2. The third-order valence-electron chi connectivity index (χ3n) is 3.92. The van der Waals surface area contributed by atoms with E-state index in [2.05, 4.69) is 17.1 Å². The number of methoxy groups -OCH3 is 2. The maximum absolute atomic E-state index is 9.87. The topological polar surface area (TPSA) is 54.0 Å². The van der Waals surface area contributed by atoms with Crippen molar-refractivity contribution in [2.45, 2.75) is 19.0 Å². The number of aliphatic hydroxyl groups excluding tert-OH is 1. The van der Waals surface area contributed by atoms with Crippen LogP contribution in [0.2, 0.25) is 0 Å². The molecule has 5 nitrogen and oxygen atoms in total. The van der Waals surface area contributed by atoms with E-state index in [1.165, 1.54) is 0 Å². The lowest BCUT2D eigenvalue weighted by Crippen LogP contribution is -2.51. The van der Waals surface area contributed by atoms with Gasteiger partial charge in [-0.15, -0.1) is 0 Å². The van der Waals surface area contributed by atoms with Crippen LogP contribution in [0.1, 0.15) is 18.5 Å². The lowest BCUT2D eigenvalue weighted by molar-refractivity contribution is 0.0707. The fraction of sp³-hybridized carbons (Fsp3) is 0.600. The van der Waals surface area contributed by atoms with Gasteiger partial charge in [0.1, 0.15) is 11.5 Å². The van der Waals surface area contributed by atoms with Gasteiger partial charge < -0.3 is 19.9 Å². The summed E-state index contributed by atoms with van der Waals surface area (Å²) in [5.74, 6) is 1.57. The smallest absolute Gasteiger partial charge is 0.124 e. The Hall–Kier alpha value is -1.30. The molecule has 1 saturated heterocycles. The second-order valence-corrected chi connectivity index (χ2v) is 5.10. The molecule has 20 heavy (non-hydrogen) atoms. The van der Waals surface area contributed by atoms with E-state index < -0.39 is 0 Å². The average Bonchev–Trinajstić information content (AvgIpc) is 2.49. The number of nitrogens with zero attached hydrogens (tertiary/aromatic N) is 1. The number of ether oxygens (including phenoxy) is 2. The van der Waals surface area contributed by atoms with Crippen LogP contribution in [0.15, 0.2) is 18.2 Å². The van der Waals surface area contributed by atoms with Crippen molar-refractivity contribution < 1.29 is 14.6 Å². The molecule has 2 N–H and O–H groups in total. The zero-order valence-corrected chi connectivity index (χ0v) is 12.4. The summed E-state index contributed by atoms with van der Waals surface area (Å²) in [7, 11) is 3.30. The van der Waals surface area contributed by atoms with Crippen LogP contribution in [0.25, 0.3) is 0 Å². The molecule has 0 bridgehead atoms. The van der Waals surface area contributed by atoms with Crippen molar-refractivity contribution >= 4 is 0 Å². The fourth-order valence-electron chi connectivity index (χ4n) is 2.80. The van der Waals surface area contributed by atoms with Crippen molar-refractivity contribution in [1.82, 2.24) is 10.2 Å². The highest BCUT2D eigenvalue weighted by Crippen LogP contribution is 2.33. The van der Waals surface area contributed by atoms with Gasteiger partial charge in [-0.05, 0) is 25.1 Å². The lowest BCUT2D eigenvalue weighted by Gasteiger charge is -2.39. The van der Waals surface area contributed by atoms with Crippen LogP contribution in [0.5, 0.6) is 11.5 Å². The number of aliphatic hydroxyl groups is 1. The molecule has 1 aromatic carbocycles. The van der Waals surface area contributed by atoms with Crippen LogP contribution in [-0.2, 0) is 0 Å². The van der Waals surface area contributed by atoms with Gasteiger partial charge in [-0.1, -0.05) is 0 Å². The zero-order chi connectivity index (χ0) is 14.5. The molecule has 1 aromatic rings. The zero-order valence-electron chi connectivity index (χ0n) is 12.4. The summed E-state index contributed by atoms with van der Waals surface area (Å²) >= 11 is 0. The summed E-state index contributed by atoms with van der Waals surface area (Å²) in [5.41, 5.74) is 0.975. The summed E-state index contributed by atoms with van der Waals surface area (Å²) < 4.78 is 10.7. The Morgan fingerprint density at radius 2 is 2.20 bits per heavy atom.